The van der Waals surface area contributed by atoms with Gasteiger partial charge >= 0.3 is 5.97 Å². The smallest absolute Gasteiger partial charge is 0.312 e. The number of ether oxygens (including phenoxy) is 3. The second-order valence-corrected chi connectivity index (χ2v) is 6.51. The van der Waals surface area contributed by atoms with E-state index in [0.29, 0.717) is 19.7 Å². The van der Waals surface area contributed by atoms with E-state index in [9.17, 15) is 9.59 Å². The summed E-state index contributed by atoms with van der Waals surface area (Å²) in [5.41, 5.74) is -0.641. The number of fused-ring (bicyclic) bond motifs is 1. The summed E-state index contributed by atoms with van der Waals surface area (Å²) in [5, 5.41) is 0. The van der Waals surface area contributed by atoms with Crippen molar-refractivity contribution < 1.29 is 23.8 Å². The number of nitrogens with zero attached hydrogens (tertiary/aromatic N) is 1. The lowest BCUT2D eigenvalue weighted by Crippen LogP contribution is -2.40. The van der Waals surface area contributed by atoms with Crippen LogP contribution in [0.1, 0.15) is 19.8 Å². The summed E-state index contributed by atoms with van der Waals surface area (Å²) in [5.74, 6) is -1.27. The summed E-state index contributed by atoms with van der Waals surface area (Å²) in [6, 6.07) is 0. The highest BCUT2D eigenvalue weighted by Gasteiger charge is 2.67. The minimum Gasteiger partial charge on any atom is -0.466 e. The van der Waals surface area contributed by atoms with E-state index >= 15 is 0 Å². The summed E-state index contributed by atoms with van der Waals surface area (Å²) in [4.78, 5) is 26.9. The lowest BCUT2D eigenvalue weighted by Gasteiger charge is -2.23. The third kappa shape index (κ3) is 1.93. The van der Waals surface area contributed by atoms with Gasteiger partial charge in [-0.2, -0.15) is 0 Å². The maximum atomic E-state index is 12.8. The van der Waals surface area contributed by atoms with Crippen LogP contribution in [0.15, 0.2) is 12.2 Å². The normalized spacial score (nSPS) is 42.2. The average molecular weight is 307 g/mol. The minimum atomic E-state index is -0.641. The molecule has 0 aromatic heterocycles. The largest absolute Gasteiger partial charge is 0.466 e. The molecule has 4 rings (SSSR count). The molecule has 0 N–H and O–H groups in total. The highest BCUT2D eigenvalue weighted by Crippen LogP contribution is 2.52. The predicted molar refractivity (Wildman–Crippen MR) is 75.9 cm³/mol. The summed E-state index contributed by atoms with van der Waals surface area (Å²) < 4.78 is 16.8. The molecule has 2 bridgehead atoms. The maximum Gasteiger partial charge on any atom is 0.312 e. The molecule has 0 aliphatic carbocycles. The highest BCUT2D eigenvalue weighted by molar-refractivity contribution is 5.91. The van der Waals surface area contributed by atoms with E-state index in [1.807, 2.05) is 12.2 Å². The zero-order chi connectivity index (χ0) is 15.3. The van der Waals surface area contributed by atoms with E-state index in [1.165, 1.54) is 0 Å². The van der Waals surface area contributed by atoms with Crippen molar-refractivity contribution in [2.45, 2.75) is 37.6 Å². The van der Waals surface area contributed by atoms with Gasteiger partial charge in [-0.05, 0) is 19.8 Å². The Morgan fingerprint density at radius 3 is 3.14 bits per heavy atom. The van der Waals surface area contributed by atoms with Crippen LogP contribution >= 0.6 is 0 Å². The highest BCUT2D eigenvalue weighted by atomic mass is 16.6. The minimum absolute atomic E-state index is 0.000373. The van der Waals surface area contributed by atoms with E-state index < -0.39 is 17.4 Å². The molecule has 4 aliphatic heterocycles. The van der Waals surface area contributed by atoms with Crippen molar-refractivity contribution >= 4 is 11.9 Å². The van der Waals surface area contributed by atoms with Crippen LogP contribution < -0.4 is 0 Å². The molecular formula is C16H21NO5. The third-order valence-corrected chi connectivity index (χ3v) is 5.19. The van der Waals surface area contributed by atoms with Gasteiger partial charge in [0.05, 0.1) is 31.3 Å². The Morgan fingerprint density at radius 2 is 2.41 bits per heavy atom. The Hall–Kier alpha value is -1.40. The zero-order valence-corrected chi connectivity index (χ0v) is 12.7. The molecular weight excluding hydrogens is 286 g/mol. The molecule has 6 nitrogen and oxygen atoms in total. The fourth-order valence-electron chi connectivity index (χ4n) is 4.27. The molecule has 5 atom stereocenters. The molecule has 0 radical (unpaired) electrons. The number of amides is 1. The van der Waals surface area contributed by atoms with Gasteiger partial charge in [0.1, 0.15) is 11.5 Å². The van der Waals surface area contributed by atoms with Crippen LogP contribution in [0.5, 0.6) is 0 Å². The van der Waals surface area contributed by atoms with Crippen molar-refractivity contribution in [3.63, 3.8) is 0 Å². The number of hydrogen-bond donors (Lipinski definition) is 0. The van der Waals surface area contributed by atoms with Crippen LogP contribution in [0.4, 0.5) is 0 Å². The second-order valence-electron chi connectivity index (χ2n) is 6.51. The predicted octanol–water partition coefficient (Wildman–Crippen LogP) is 0.511. The summed E-state index contributed by atoms with van der Waals surface area (Å²) >= 11 is 0. The first-order chi connectivity index (χ1) is 10.6. The monoisotopic (exact) mass is 307 g/mol. The Morgan fingerprint density at radius 1 is 1.55 bits per heavy atom. The van der Waals surface area contributed by atoms with Crippen molar-refractivity contribution in [1.82, 2.24) is 4.90 Å². The molecule has 120 valence electrons. The number of carbonyl (C=O) groups excluding carboxylic acids is 2. The molecule has 4 aliphatic rings. The molecule has 22 heavy (non-hydrogen) atoms. The summed E-state index contributed by atoms with van der Waals surface area (Å²) in [6.07, 6.45) is 5.69. The van der Waals surface area contributed by atoms with Crippen molar-refractivity contribution in [2.24, 2.45) is 11.8 Å². The molecule has 3 saturated heterocycles. The standard InChI is InChI=1S/C16H21NO5/c1-2-20-15(19)12-11-5-6-16(22-11)9-17(14(18)13(12)16)8-10-4-3-7-21-10/h5-6,10-13H,2-4,7-9H2,1H3/t10-,11+,12+,13-,16-/m0/s1. The zero-order valence-electron chi connectivity index (χ0n) is 12.7. The van der Waals surface area contributed by atoms with Gasteiger partial charge in [-0.3, -0.25) is 9.59 Å². The fourth-order valence-corrected chi connectivity index (χ4v) is 4.27. The van der Waals surface area contributed by atoms with Crippen LogP contribution in [-0.4, -0.2) is 60.9 Å². The number of esters is 1. The fraction of sp³-hybridized carbons (Fsp3) is 0.750. The molecule has 0 aromatic rings. The van der Waals surface area contributed by atoms with Gasteiger partial charge in [0.2, 0.25) is 5.91 Å². The summed E-state index contributed by atoms with van der Waals surface area (Å²) in [6.45, 7) is 3.97. The van der Waals surface area contributed by atoms with Gasteiger partial charge in [-0.25, -0.2) is 0 Å². The topological polar surface area (TPSA) is 65.1 Å². The van der Waals surface area contributed by atoms with Crippen LogP contribution in [0.3, 0.4) is 0 Å². The summed E-state index contributed by atoms with van der Waals surface area (Å²) in [7, 11) is 0. The lowest BCUT2D eigenvalue weighted by atomic mass is 9.77. The molecule has 4 heterocycles. The Balaban J connectivity index is 1.55. The molecule has 3 fully saturated rings. The maximum absolute atomic E-state index is 12.8. The molecule has 0 unspecified atom stereocenters. The van der Waals surface area contributed by atoms with Gasteiger partial charge in [-0.15, -0.1) is 0 Å². The number of rotatable bonds is 4. The second kappa shape index (κ2) is 5.06. The van der Waals surface area contributed by atoms with Gasteiger partial charge in [-0.1, -0.05) is 12.2 Å². The lowest BCUT2D eigenvalue weighted by molar-refractivity contribution is -0.153. The number of carbonyl (C=O) groups is 2. The van der Waals surface area contributed by atoms with Crippen molar-refractivity contribution in [3.05, 3.63) is 12.2 Å². The van der Waals surface area contributed by atoms with Crippen LogP contribution in [0.2, 0.25) is 0 Å². The van der Waals surface area contributed by atoms with E-state index in [4.69, 9.17) is 14.2 Å². The molecule has 1 amide bonds. The quantitative estimate of drug-likeness (QED) is 0.559. The Bertz CT molecular complexity index is 527. The van der Waals surface area contributed by atoms with Crippen molar-refractivity contribution in [3.8, 4) is 0 Å². The Kier molecular flexibility index (Phi) is 3.27. The molecule has 0 aromatic carbocycles. The van der Waals surface area contributed by atoms with E-state index in [1.54, 1.807) is 11.8 Å². The molecule has 6 heteroatoms. The van der Waals surface area contributed by atoms with Gasteiger partial charge in [0.15, 0.2) is 0 Å². The van der Waals surface area contributed by atoms with Crippen molar-refractivity contribution in [1.29, 1.82) is 0 Å². The first kappa shape index (κ1) is 14.2. The van der Waals surface area contributed by atoms with E-state index in [0.717, 1.165) is 19.4 Å². The first-order valence-electron chi connectivity index (χ1n) is 8.09. The number of likely N-dealkylation sites (tertiary alicyclic amines) is 1. The van der Waals surface area contributed by atoms with Crippen LogP contribution in [0.25, 0.3) is 0 Å². The van der Waals surface area contributed by atoms with Gasteiger partial charge in [0.25, 0.3) is 0 Å². The Labute approximate surface area is 129 Å². The van der Waals surface area contributed by atoms with E-state index in [2.05, 4.69) is 0 Å². The molecule has 1 spiro atoms. The van der Waals surface area contributed by atoms with E-state index in [-0.39, 0.29) is 24.1 Å². The van der Waals surface area contributed by atoms with Crippen LogP contribution in [-0.2, 0) is 23.8 Å². The first-order valence-corrected chi connectivity index (χ1v) is 8.09. The third-order valence-electron chi connectivity index (χ3n) is 5.19. The number of hydrogen-bond acceptors (Lipinski definition) is 5. The molecule has 0 saturated carbocycles. The SMILES string of the molecule is CCOC(=O)[C@H]1[C@H]2C(=O)N(C[C@@H]3CCCO3)C[C@@]23C=C[C@H]1O3. The van der Waals surface area contributed by atoms with Gasteiger partial charge < -0.3 is 19.1 Å². The van der Waals surface area contributed by atoms with Crippen LogP contribution in [0, 0.1) is 11.8 Å². The average Bonchev–Trinajstić information content (AvgIpc) is 3.23. The van der Waals surface area contributed by atoms with Gasteiger partial charge in [0, 0.05) is 13.2 Å². The van der Waals surface area contributed by atoms with Crippen molar-refractivity contribution in [2.75, 3.05) is 26.3 Å².